The summed E-state index contributed by atoms with van der Waals surface area (Å²) in [5.74, 6) is -0.275. The standard InChI is InChI=1S/C5H8O3/c1-2-5(3-6)4(7)8-5/h6H,2-3H2,1H3/t5-/m1/s1. The van der Waals surface area contributed by atoms with Gasteiger partial charge >= 0.3 is 5.97 Å². The van der Waals surface area contributed by atoms with E-state index in [-0.39, 0.29) is 12.6 Å². The van der Waals surface area contributed by atoms with Crippen molar-refractivity contribution in [3.8, 4) is 0 Å². The fourth-order valence-electron chi connectivity index (χ4n) is 0.577. The van der Waals surface area contributed by atoms with Gasteiger partial charge in [0.25, 0.3) is 0 Å². The van der Waals surface area contributed by atoms with Gasteiger partial charge in [-0.1, -0.05) is 6.92 Å². The summed E-state index contributed by atoms with van der Waals surface area (Å²) < 4.78 is 4.51. The number of hydrogen-bond acceptors (Lipinski definition) is 3. The lowest BCUT2D eigenvalue weighted by Crippen LogP contribution is -2.16. The third-order valence-corrected chi connectivity index (χ3v) is 1.44. The molecule has 0 aromatic carbocycles. The van der Waals surface area contributed by atoms with E-state index < -0.39 is 5.60 Å². The molecule has 3 nitrogen and oxygen atoms in total. The minimum atomic E-state index is -0.792. The van der Waals surface area contributed by atoms with Crippen LogP contribution < -0.4 is 0 Å². The van der Waals surface area contributed by atoms with E-state index in [2.05, 4.69) is 4.74 Å². The molecule has 1 aliphatic heterocycles. The lowest BCUT2D eigenvalue weighted by molar-refractivity contribution is -0.117. The zero-order chi connectivity index (χ0) is 6.20. The Labute approximate surface area is 47.3 Å². The van der Waals surface area contributed by atoms with Crippen LogP contribution in [0.1, 0.15) is 13.3 Å². The summed E-state index contributed by atoms with van der Waals surface area (Å²) in [5.41, 5.74) is -0.792. The van der Waals surface area contributed by atoms with Crippen molar-refractivity contribution in [2.75, 3.05) is 6.61 Å². The van der Waals surface area contributed by atoms with Crippen LogP contribution >= 0.6 is 0 Å². The summed E-state index contributed by atoms with van der Waals surface area (Å²) in [7, 11) is 0. The van der Waals surface area contributed by atoms with E-state index in [0.29, 0.717) is 6.42 Å². The molecule has 1 aliphatic rings. The van der Waals surface area contributed by atoms with Crippen LogP contribution in [0.3, 0.4) is 0 Å². The Balaban J connectivity index is 2.52. The van der Waals surface area contributed by atoms with E-state index in [4.69, 9.17) is 5.11 Å². The minimum absolute atomic E-state index is 0.178. The molecule has 1 atom stereocenters. The molecule has 46 valence electrons. The fourth-order valence-corrected chi connectivity index (χ4v) is 0.577. The van der Waals surface area contributed by atoms with Crippen molar-refractivity contribution < 1.29 is 14.6 Å². The van der Waals surface area contributed by atoms with Crippen molar-refractivity contribution in [3.63, 3.8) is 0 Å². The van der Waals surface area contributed by atoms with Gasteiger partial charge in [0.05, 0.1) is 6.61 Å². The van der Waals surface area contributed by atoms with Crippen LogP contribution in [-0.2, 0) is 9.53 Å². The zero-order valence-electron chi connectivity index (χ0n) is 4.68. The summed E-state index contributed by atoms with van der Waals surface area (Å²) in [6, 6.07) is 0. The number of ether oxygens (including phenoxy) is 1. The topological polar surface area (TPSA) is 49.8 Å². The third-order valence-electron chi connectivity index (χ3n) is 1.44. The lowest BCUT2D eigenvalue weighted by atomic mass is 10.1. The Morgan fingerprint density at radius 2 is 2.38 bits per heavy atom. The van der Waals surface area contributed by atoms with E-state index in [1.54, 1.807) is 6.92 Å². The number of rotatable bonds is 2. The Hall–Kier alpha value is -0.570. The van der Waals surface area contributed by atoms with Gasteiger partial charge in [0.1, 0.15) is 0 Å². The largest absolute Gasteiger partial charge is 0.441 e. The lowest BCUT2D eigenvalue weighted by Gasteiger charge is -1.94. The van der Waals surface area contributed by atoms with Gasteiger partial charge in [0.15, 0.2) is 0 Å². The molecular formula is C5H8O3. The summed E-state index contributed by atoms with van der Waals surface area (Å²) in [6.45, 7) is 1.63. The second kappa shape index (κ2) is 1.45. The number of hydrogen-bond donors (Lipinski definition) is 1. The van der Waals surface area contributed by atoms with Crippen LogP contribution in [0, 0.1) is 0 Å². The Morgan fingerprint density at radius 3 is 2.38 bits per heavy atom. The molecule has 1 heterocycles. The van der Waals surface area contributed by atoms with Gasteiger partial charge in [-0.05, 0) is 6.42 Å². The highest BCUT2D eigenvalue weighted by atomic mass is 16.7. The first-order chi connectivity index (χ1) is 3.75. The Morgan fingerprint density at radius 1 is 1.88 bits per heavy atom. The molecule has 1 fully saturated rings. The predicted octanol–water partition coefficient (Wildman–Crippen LogP) is -0.316. The molecule has 1 N–H and O–H groups in total. The van der Waals surface area contributed by atoms with Crippen molar-refractivity contribution in [2.24, 2.45) is 0 Å². The fraction of sp³-hybridized carbons (Fsp3) is 0.800. The average molecular weight is 116 g/mol. The molecular weight excluding hydrogens is 108 g/mol. The zero-order valence-corrected chi connectivity index (χ0v) is 4.68. The van der Waals surface area contributed by atoms with Crippen LogP contribution in [0.15, 0.2) is 0 Å². The molecule has 1 rings (SSSR count). The van der Waals surface area contributed by atoms with E-state index in [9.17, 15) is 4.79 Å². The Bertz CT molecular complexity index is 115. The highest BCUT2D eigenvalue weighted by molar-refractivity contribution is 5.92. The minimum Gasteiger partial charge on any atom is -0.441 e. The third kappa shape index (κ3) is 0.512. The van der Waals surface area contributed by atoms with E-state index >= 15 is 0 Å². The van der Waals surface area contributed by atoms with Crippen LogP contribution in [0.25, 0.3) is 0 Å². The van der Waals surface area contributed by atoms with E-state index in [1.807, 2.05) is 0 Å². The van der Waals surface area contributed by atoms with E-state index in [0.717, 1.165) is 0 Å². The molecule has 0 unspecified atom stereocenters. The summed E-state index contributed by atoms with van der Waals surface area (Å²) >= 11 is 0. The first kappa shape index (κ1) is 5.56. The maximum absolute atomic E-state index is 10.3. The molecule has 0 radical (unpaired) electrons. The molecule has 3 heteroatoms. The van der Waals surface area contributed by atoms with Gasteiger partial charge in [0, 0.05) is 0 Å². The monoisotopic (exact) mass is 116 g/mol. The van der Waals surface area contributed by atoms with Crippen molar-refractivity contribution >= 4 is 5.97 Å². The first-order valence-electron chi connectivity index (χ1n) is 2.59. The van der Waals surface area contributed by atoms with Gasteiger partial charge in [-0.2, -0.15) is 0 Å². The maximum Gasteiger partial charge on any atom is 0.354 e. The highest BCUT2D eigenvalue weighted by Crippen LogP contribution is 2.31. The smallest absolute Gasteiger partial charge is 0.354 e. The average Bonchev–Trinajstić information content (AvgIpc) is 2.43. The number of aliphatic hydroxyl groups excluding tert-OH is 1. The summed E-state index contributed by atoms with van der Waals surface area (Å²) in [6.07, 6.45) is 0.572. The van der Waals surface area contributed by atoms with Gasteiger partial charge in [-0.15, -0.1) is 0 Å². The van der Waals surface area contributed by atoms with Gasteiger partial charge < -0.3 is 9.84 Å². The number of cyclic esters (lactones) is 1. The molecule has 0 saturated carbocycles. The molecule has 0 bridgehead atoms. The molecule has 8 heavy (non-hydrogen) atoms. The van der Waals surface area contributed by atoms with Crippen molar-refractivity contribution in [1.29, 1.82) is 0 Å². The molecule has 1 saturated heterocycles. The SMILES string of the molecule is CC[C@]1(CO)OC1=O. The van der Waals surface area contributed by atoms with Crippen LogP contribution in [-0.4, -0.2) is 23.3 Å². The molecule has 0 amide bonds. The van der Waals surface area contributed by atoms with Gasteiger partial charge in [-0.25, -0.2) is 4.79 Å². The first-order valence-corrected chi connectivity index (χ1v) is 2.59. The summed E-state index contributed by atoms with van der Waals surface area (Å²) in [5, 5.41) is 8.48. The van der Waals surface area contributed by atoms with Gasteiger partial charge in [0.2, 0.25) is 5.60 Å². The van der Waals surface area contributed by atoms with Crippen molar-refractivity contribution in [2.45, 2.75) is 18.9 Å². The Kier molecular flexibility index (Phi) is 1.01. The second-order valence-corrected chi connectivity index (χ2v) is 1.90. The van der Waals surface area contributed by atoms with Crippen LogP contribution in [0.5, 0.6) is 0 Å². The molecule has 0 spiro atoms. The number of aliphatic hydroxyl groups is 1. The number of carbonyl (C=O) groups excluding carboxylic acids is 1. The van der Waals surface area contributed by atoms with Crippen molar-refractivity contribution in [1.82, 2.24) is 0 Å². The number of epoxide rings is 1. The highest BCUT2D eigenvalue weighted by Gasteiger charge is 2.55. The maximum atomic E-state index is 10.3. The molecule has 0 aromatic heterocycles. The summed E-state index contributed by atoms with van der Waals surface area (Å²) in [4.78, 5) is 10.3. The second-order valence-electron chi connectivity index (χ2n) is 1.90. The molecule has 0 aliphatic carbocycles. The normalized spacial score (nSPS) is 34.5. The van der Waals surface area contributed by atoms with Crippen molar-refractivity contribution in [3.05, 3.63) is 0 Å². The molecule has 0 aromatic rings. The predicted molar refractivity (Wildman–Crippen MR) is 26.2 cm³/mol. The van der Waals surface area contributed by atoms with Gasteiger partial charge in [-0.3, -0.25) is 0 Å². The van der Waals surface area contributed by atoms with Crippen LogP contribution in [0.2, 0.25) is 0 Å². The number of carbonyl (C=O) groups is 1. The van der Waals surface area contributed by atoms with E-state index in [1.165, 1.54) is 0 Å². The quantitative estimate of drug-likeness (QED) is 0.503. The van der Waals surface area contributed by atoms with Crippen LogP contribution in [0.4, 0.5) is 0 Å².